The first kappa shape index (κ1) is 20.2. The van der Waals surface area contributed by atoms with Gasteiger partial charge in [-0.25, -0.2) is 0 Å². The van der Waals surface area contributed by atoms with Crippen molar-refractivity contribution in [3.05, 3.63) is 59.7 Å². The van der Waals surface area contributed by atoms with Crippen molar-refractivity contribution in [2.75, 3.05) is 32.2 Å². The predicted molar refractivity (Wildman–Crippen MR) is 112 cm³/mol. The van der Waals surface area contributed by atoms with Crippen LogP contribution in [-0.2, 0) is 10.4 Å². The molecule has 5 nitrogen and oxygen atoms in total. The third-order valence-electron chi connectivity index (χ3n) is 5.20. The van der Waals surface area contributed by atoms with E-state index in [4.69, 9.17) is 9.47 Å². The molecule has 0 saturated heterocycles. The highest BCUT2D eigenvalue weighted by atomic mass is 16.5. The number of hydrogen-bond acceptors (Lipinski definition) is 4. The molecule has 1 unspecified atom stereocenters. The van der Waals surface area contributed by atoms with Crippen molar-refractivity contribution in [3.8, 4) is 5.75 Å². The maximum atomic E-state index is 13.3. The number of benzene rings is 2. The second kappa shape index (κ2) is 8.65. The van der Waals surface area contributed by atoms with Gasteiger partial charge in [-0.2, -0.15) is 0 Å². The number of carbonyl (C=O) groups excluding carboxylic acids is 1. The minimum atomic E-state index is -0.738. The maximum absolute atomic E-state index is 13.3. The third kappa shape index (κ3) is 3.99. The molecule has 2 aromatic carbocycles. The van der Waals surface area contributed by atoms with Gasteiger partial charge in [0.05, 0.1) is 18.8 Å². The van der Waals surface area contributed by atoms with Gasteiger partial charge in [-0.3, -0.25) is 4.79 Å². The number of methoxy groups -OCH3 is 1. The molecule has 0 fully saturated rings. The molecule has 1 aliphatic rings. The standard InChI is InChI=1S/C23H30N2O3/c1-17(2)13-15-28-21-12-8-6-10-19(21)23(3)24-20-11-7-5-9-18(20)22(26)25(23)14-16-27-4/h5-12,17,24H,13-16H2,1-4H3. The van der Waals surface area contributed by atoms with E-state index >= 15 is 0 Å². The van der Waals surface area contributed by atoms with E-state index in [2.05, 4.69) is 19.2 Å². The van der Waals surface area contributed by atoms with E-state index in [0.717, 1.165) is 23.4 Å². The van der Waals surface area contributed by atoms with E-state index in [1.54, 1.807) is 7.11 Å². The lowest BCUT2D eigenvalue weighted by Gasteiger charge is -2.47. The molecule has 0 bridgehead atoms. The average Bonchev–Trinajstić information content (AvgIpc) is 2.68. The van der Waals surface area contributed by atoms with Crippen molar-refractivity contribution in [2.24, 2.45) is 5.92 Å². The van der Waals surface area contributed by atoms with Gasteiger partial charge in [0, 0.05) is 24.9 Å². The van der Waals surface area contributed by atoms with Crippen LogP contribution in [0.2, 0.25) is 0 Å². The summed E-state index contributed by atoms with van der Waals surface area (Å²) in [6, 6.07) is 15.6. The lowest BCUT2D eigenvalue weighted by molar-refractivity contribution is 0.0431. The number of carbonyl (C=O) groups is 1. The summed E-state index contributed by atoms with van der Waals surface area (Å²) in [4.78, 5) is 15.2. The summed E-state index contributed by atoms with van der Waals surface area (Å²) in [5, 5.41) is 3.59. The van der Waals surface area contributed by atoms with Gasteiger partial charge in [0.1, 0.15) is 11.4 Å². The molecule has 1 aliphatic heterocycles. The third-order valence-corrected chi connectivity index (χ3v) is 5.20. The van der Waals surface area contributed by atoms with Gasteiger partial charge in [0.2, 0.25) is 0 Å². The van der Waals surface area contributed by atoms with Crippen LogP contribution in [0.3, 0.4) is 0 Å². The van der Waals surface area contributed by atoms with Crippen molar-refractivity contribution < 1.29 is 14.3 Å². The topological polar surface area (TPSA) is 50.8 Å². The molecule has 0 aliphatic carbocycles. The molecular formula is C23H30N2O3. The SMILES string of the molecule is COCCN1C(=O)c2ccccc2NC1(C)c1ccccc1OCCC(C)C. The van der Waals surface area contributed by atoms with E-state index in [1.165, 1.54) is 0 Å². The first-order valence-electron chi connectivity index (χ1n) is 9.87. The summed E-state index contributed by atoms with van der Waals surface area (Å²) in [6.07, 6.45) is 0.980. The van der Waals surface area contributed by atoms with Gasteiger partial charge in [-0.05, 0) is 37.5 Å². The highest BCUT2D eigenvalue weighted by molar-refractivity contribution is 6.02. The number of fused-ring (bicyclic) bond motifs is 1. The van der Waals surface area contributed by atoms with Gasteiger partial charge in [0.25, 0.3) is 5.91 Å². The summed E-state index contributed by atoms with van der Waals surface area (Å²) in [7, 11) is 1.65. The zero-order valence-corrected chi connectivity index (χ0v) is 17.2. The molecule has 0 radical (unpaired) electrons. The number of anilines is 1. The smallest absolute Gasteiger partial charge is 0.258 e. The lowest BCUT2D eigenvalue weighted by atomic mass is 9.92. The summed E-state index contributed by atoms with van der Waals surface area (Å²) in [6.45, 7) is 7.98. The number of nitrogens with zero attached hydrogens (tertiary/aromatic N) is 1. The Morgan fingerprint density at radius 3 is 2.54 bits per heavy atom. The summed E-state index contributed by atoms with van der Waals surface area (Å²) in [5.74, 6) is 1.36. The molecule has 1 amide bonds. The van der Waals surface area contributed by atoms with E-state index in [1.807, 2.05) is 60.4 Å². The number of nitrogens with one attached hydrogen (secondary N) is 1. The molecule has 2 aromatic rings. The van der Waals surface area contributed by atoms with Gasteiger partial charge < -0.3 is 19.7 Å². The summed E-state index contributed by atoms with van der Waals surface area (Å²) in [5.41, 5.74) is 1.71. The normalized spacial score (nSPS) is 18.8. The van der Waals surface area contributed by atoms with Crippen LogP contribution in [0.25, 0.3) is 0 Å². The van der Waals surface area contributed by atoms with Gasteiger partial charge in [0.15, 0.2) is 0 Å². The quantitative estimate of drug-likeness (QED) is 0.730. The molecule has 0 saturated carbocycles. The fourth-order valence-corrected chi connectivity index (χ4v) is 3.58. The highest BCUT2D eigenvalue weighted by Gasteiger charge is 2.43. The molecule has 0 aromatic heterocycles. The summed E-state index contributed by atoms with van der Waals surface area (Å²) >= 11 is 0. The van der Waals surface area contributed by atoms with Crippen molar-refractivity contribution in [2.45, 2.75) is 32.9 Å². The Bertz CT molecular complexity index is 821. The molecular weight excluding hydrogens is 352 g/mol. The second-order valence-electron chi connectivity index (χ2n) is 7.72. The molecule has 1 heterocycles. The molecule has 3 rings (SSSR count). The molecule has 150 valence electrons. The van der Waals surface area contributed by atoms with Gasteiger partial charge in [-0.1, -0.05) is 44.2 Å². The first-order chi connectivity index (χ1) is 13.5. The second-order valence-corrected chi connectivity index (χ2v) is 7.72. The van der Waals surface area contributed by atoms with Crippen molar-refractivity contribution in [1.29, 1.82) is 0 Å². The van der Waals surface area contributed by atoms with Crippen molar-refractivity contribution >= 4 is 11.6 Å². The van der Waals surface area contributed by atoms with Crippen LogP contribution in [0, 0.1) is 5.92 Å². The molecule has 1 atom stereocenters. The molecule has 28 heavy (non-hydrogen) atoms. The monoisotopic (exact) mass is 382 g/mol. The maximum Gasteiger partial charge on any atom is 0.258 e. The van der Waals surface area contributed by atoms with Crippen LogP contribution in [-0.4, -0.2) is 37.7 Å². The summed E-state index contributed by atoms with van der Waals surface area (Å²) < 4.78 is 11.4. The van der Waals surface area contributed by atoms with Crippen molar-refractivity contribution in [1.82, 2.24) is 4.90 Å². The average molecular weight is 383 g/mol. The van der Waals surface area contributed by atoms with Gasteiger partial charge >= 0.3 is 0 Å². The van der Waals surface area contributed by atoms with Crippen LogP contribution in [0.4, 0.5) is 5.69 Å². The van der Waals surface area contributed by atoms with Crippen LogP contribution >= 0.6 is 0 Å². The first-order valence-corrected chi connectivity index (χ1v) is 9.87. The highest BCUT2D eigenvalue weighted by Crippen LogP contribution is 2.41. The minimum Gasteiger partial charge on any atom is -0.493 e. The number of rotatable bonds is 8. The Balaban J connectivity index is 2.01. The Labute approximate surface area is 167 Å². The van der Waals surface area contributed by atoms with Gasteiger partial charge in [-0.15, -0.1) is 0 Å². The lowest BCUT2D eigenvalue weighted by Crippen LogP contribution is -2.56. The Hall–Kier alpha value is -2.53. The molecule has 0 spiro atoms. The fraction of sp³-hybridized carbons (Fsp3) is 0.435. The number of hydrogen-bond donors (Lipinski definition) is 1. The van der Waals surface area contributed by atoms with Crippen LogP contribution in [0.1, 0.15) is 43.1 Å². The number of ether oxygens (including phenoxy) is 2. The fourth-order valence-electron chi connectivity index (χ4n) is 3.58. The van der Waals surface area contributed by atoms with E-state index in [9.17, 15) is 4.79 Å². The van der Waals surface area contributed by atoms with Crippen LogP contribution in [0.5, 0.6) is 5.75 Å². The van der Waals surface area contributed by atoms with Crippen LogP contribution in [0.15, 0.2) is 48.5 Å². The molecule has 1 N–H and O–H groups in total. The number of para-hydroxylation sites is 2. The van der Waals surface area contributed by atoms with E-state index in [0.29, 0.717) is 31.2 Å². The van der Waals surface area contributed by atoms with E-state index in [-0.39, 0.29) is 5.91 Å². The zero-order chi connectivity index (χ0) is 20.1. The predicted octanol–water partition coefficient (Wildman–Crippen LogP) is 4.50. The van der Waals surface area contributed by atoms with Crippen LogP contribution < -0.4 is 10.1 Å². The zero-order valence-electron chi connectivity index (χ0n) is 17.2. The Morgan fingerprint density at radius 1 is 1.07 bits per heavy atom. The Kier molecular flexibility index (Phi) is 6.25. The largest absolute Gasteiger partial charge is 0.493 e. The van der Waals surface area contributed by atoms with E-state index < -0.39 is 5.66 Å². The van der Waals surface area contributed by atoms with Crippen molar-refractivity contribution in [3.63, 3.8) is 0 Å². The number of amides is 1. The molecule has 5 heteroatoms. The Morgan fingerprint density at radius 2 is 1.79 bits per heavy atom. The minimum absolute atomic E-state index is 0.00844.